The molecular formula is C25H26N2O5. The van der Waals surface area contributed by atoms with Crippen molar-refractivity contribution in [3.8, 4) is 6.07 Å². The first-order valence-electron chi connectivity index (χ1n) is 10.4. The largest absolute Gasteiger partial charge is 0.451 e. The van der Waals surface area contributed by atoms with E-state index in [1.807, 2.05) is 66.7 Å². The number of benzene rings is 2. The van der Waals surface area contributed by atoms with Crippen LogP contribution in [0.4, 0.5) is 5.69 Å². The summed E-state index contributed by atoms with van der Waals surface area (Å²) < 4.78 is 29.6. The molecule has 7 heteroatoms. The lowest BCUT2D eigenvalue weighted by Crippen LogP contribution is -2.37. The SMILES string of the molecule is COC1C(c2coc(C#N)c2N)OC(COCc2ccccc2)C1OCc1ccccc1. The Bertz CT molecular complexity index is 1030. The van der Waals surface area contributed by atoms with Gasteiger partial charge < -0.3 is 29.1 Å². The van der Waals surface area contributed by atoms with Gasteiger partial charge in [-0.15, -0.1) is 0 Å². The highest BCUT2D eigenvalue weighted by Crippen LogP contribution is 2.41. The van der Waals surface area contributed by atoms with Crippen molar-refractivity contribution in [3.63, 3.8) is 0 Å². The molecule has 0 spiro atoms. The van der Waals surface area contributed by atoms with Gasteiger partial charge in [0.25, 0.3) is 0 Å². The highest BCUT2D eigenvalue weighted by molar-refractivity contribution is 5.56. The topological polar surface area (TPSA) is 99.9 Å². The maximum Gasteiger partial charge on any atom is 0.226 e. The Hall–Kier alpha value is -3.15. The monoisotopic (exact) mass is 434 g/mol. The van der Waals surface area contributed by atoms with E-state index in [0.29, 0.717) is 25.4 Å². The third kappa shape index (κ3) is 4.85. The van der Waals surface area contributed by atoms with Gasteiger partial charge in [-0.25, -0.2) is 0 Å². The number of nitrogens with two attached hydrogens (primary N) is 1. The number of ether oxygens (including phenoxy) is 4. The van der Waals surface area contributed by atoms with Crippen LogP contribution in [0.1, 0.15) is 28.6 Å². The van der Waals surface area contributed by atoms with E-state index in [-0.39, 0.29) is 11.4 Å². The zero-order chi connectivity index (χ0) is 22.3. The van der Waals surface area contributed by atoms with E-state index in [1.54, 1.807) is 7.11 Å². The zero-order valence-corrected chi connectivity index (χ0v) is 17.8. The first kappa shape index (κ1) is 22.1. The summed E-state index contributed by atoms with van der Waals surface area (Å²) in [5.41, 5.74) is 9.07. The number of furan rings is 1. The van der Waals surface area contributed by atoms with E-state index in [0.717, 1.165) is 11.1 Å². The van der Waals surface area contributed by atoms with Crippen molar-refractivity contribution < 1.29 is 23.4 Å². The van der Waals surface area contributed by atoms with Crippen molar-refractivity contribution in [1.29, 1.82) is 5.26 Å². The number of nitrogens with zero attached hydrogens (tertiary/aromatic N) is 1. The standard InChI is InChI=1S/C25H26N2O5/c1-28-25-23(19-15-30-20(12-26)22(19)27)32-21(16-29-13-17-8-4-2-5-9-17)24(25)31-14-18-10-6-3-7-11-18/h2-11,15,21,23-25H,13-14,16,27H2,1H3. The summed E-state index contributed by atoms with van der Waals surface area (Å²) in [5, 5.41) is 9.20. The molecule has 1 aliphatic heterocycles. The number of anilines is 1. The van der Waals surface area contributed by atoms with E-state index in [9.17, 15) is 5.26 Å². The van der Waals surface area contributed by atoms with Crippen molar-refractivity contribution >= 4 is 5.69 Å². The minimum Gasteiger partial charge on any atom is -0.451 e. The van der Waals surface area contributed by atoms with Gasteiger partial charge in [0.15, 0.2) is 0 Å². The second-order valence-electron chi connectivity index (χ2n) is 7.60. The molecule has 166 valence electrons. The van der Waals surface area contributed by atoms with Gasteiger partial charge in [0, 0.05) is 12.7 Å². The Balaban J connectivity index is 1.51. The smallest absolute Gasteiger partial charge is 0.226 e. The summed E-state index contributed by atoms with van der Waals surface area (Å²) in [6.07, 6.45) is -0.336. The van der Waals surface area contributed by atoms with E-state index in [1.165, 1.54) is 6.26 Å². The molecule has 0 bridgehead atoms. The van der Waals surface area contributed by atoms with Crippen LogP contribution in [-0.2, 0) is 32.2 Å². The number of nitriles is 1. The van der Waals surface area contributed by atoms with Crippen molar-refractivity contribution in [1.82, 2.24) is 0 Å². The Morgan fingerprint density at radius 3 is 2.22 bits per heavy atom. The minimum atomic E-state index is -0.544. The van der Waals surface area contributed by atoms with Gasteiger partial charge in [-0.1, -0.05) is 60.7 Å². The molecule has 0 amide bonds. The number of rotatable bonds is 9. The van der Waals surface area contributed by atoms with Crippen molar-refractivity contribution in [3.05, 3.63) is 89.4 Å². The van der Waals surface area contributed by atoms with Crippen LogP contribution in [0.2, 0.25) is 0 Å². The number of hydrogen-bond acceptors (Lipinski definition) is 7. The third-order valence-corrected chi connectivity index (χ3v) is 5.53. The molecule has 3 aromatic rings. The molecule has 2 heterocycles. The predicted octanol–water partition coefficient (Wildman–Crippen LogP) is 3.99. The molecule has 4 unspecified atom stereocenters. The van der Waals surface area contributed by atoms with Crippen LogP contribution >= 0.6 is 0 Å². The van der Waals surface area contributed by atoms with Crippen LogP contribution in [-0.4, -0.2) is 32.0 Å². The van der Waals surface area contributed by atoms with E-state index >= 15 is 0 Å². The lowest BCUT2D eigenvalue weighted by molar-refractivity contribution is -0.0805. The van der Waals surface area contributed by atoms with Crippen LogP contribution < -0.4 is 5.73 Å². The molecule has 0 aliphatic carbocycles. The summed E-state index contributed by atoms with van der Waals surface area (Å²) in [6, 6.07) is 21.8. The second-order valence-corrected chi connectivity index (χ2v) is 7.60. The van der Waals surface area contributed by atoms with E-state index < -0.39 is 24.4 Å². The molecule has 4 rings (SSSR count). The first-order chi connectivity index (χ1) is 15.7. The summed E-state index contributed by atoms with van der Waals surface area (Å²) in [5.74, 6) is 0.0592. The molecule has 1 aromatic heterocycles. The maximum absolute atomic E-state index is 9.20. The average Bonchev–Trinajstić information content (AvgIpc) is 3.38. The summed E-state index contributed by atoms with van der Waals surface area (Å²) >= 11 is 0. The van der Waals surface area contributed by atoms with Crippen LogP contribution in [0, 0.1) is 11.3 Å². The molecule has 4 atom stereocenters. The van der Waals surface area contributed by atoms with Gasteiger partial charge in [-0.05, 0) is 11.1 Å². The Morgan fingerprint density at radius 1 is 0.969 bits per heavy atom. The summed E-state index contributed by atoms with van der Waals surface area (Å²) in [6.45, 7) is 1.18. The highest BCUT2D eigenvalue weighted by atomic mass is 16.6. The number of nitrogen functional groups attached to an aromatic ring is 1. The van der Waals surface area contributed by atoms with Crippen molar-refractivity contribution in [2.24, 2.45) is 0 Å². The normalized spacial score (nSPS) is 22.6. The third-order valence-electron chi connectivity index (χ3n) is 5.53. The van der Waals surface area contributed by atoms with E-state index in [2.05, 4.69) is 0 Å². The molecule has 32 heavy (non-hydrogen) atoms. The lowest BCUT2D eigenvalue weighted by atomic mass is 10.0. The molecule has 1 saturated heterocycles. The highest BCUT2D eigenvalue weighted by Gasteiger charge is 2.48. The Morgan fingerprint density at radius 2 is 1.62 bits per heavy atom. The van der Waals surface area contributed by atoms with Gasteiger partial charge in [-0.2, -0.15) is 5.26 Å². The zero-order valence-electron chi connectivity index (χ0n) is 17.8. The van der Waals surface area contributed by atoms with E-state index in [4.69, 9.17) is 29.1 Å². The Kier molecular flexibility index (Phi) is 7.20. The molecule has 1 fully saturated rings. The minimum absolute atomic E-state index is 0.0592. The fourth-order valence-corrected chi connectivity index (χ4v) is 3.89. The molecular weight excluding hydrogens is 408 g/mol. The van der Waals surface area contributed by atoms with Gasteiger partial charge in [0.2, 0.25) is 5.76 Å². The molecule has 2 N–H and O–H groups in total. The molecule has 2 aromatic carbocycles. The molecule has 0 radical (unpaired) electrons. The summed E-state index contributed by atoms with van der Waals surface area (Å²) in [4.78, 5) is 0. The van der Waals surface area contributed by atoms with Crippen LogP contribution in [0.5, 0.6) is 0 Å². The van der Waals surface area contributed by atoms with Gasteiger partial charge in [-0.3, -0.25) is 0 Å². The fraction of sp³-hybridized carbons (Fsp3) is 0.320. The average molecular weight is 434 g/mol. The lowest BCUT2D eigenvalue weighted by Gasteiger charge is -2.23. The maximum atomic E-state index is 9.20. The molecule has 0 saturated carbocycles. The van der Waals surface area contributed by atoms with Gasteiger partial charge >= 0.3 is 0 Å². The molecule has 1 aliphatic rings. The van der Waals surface area contributed by atoms with Crippen LogP contribution in [0.15, 0.2) is 71.3 Å². The number of methoxy groups -OCH3 is 1. The summed E-state index contributed by atoms with van der Waals surface area (Å²) in [7, 11) is 1.61. The van der Waals surface area contributed by atoms with Crippen LogP contribution in [0.25, 0.3) is 0 Å². The Labute approximate surface area is 187 Å². The van der Waals surface area contributed by atoms with Crippen molar-refractivity contribution in [2.45, 2.75) is 37.6 Å². The van der Waals surface area contributed by atoms with Crippen molar-refractivity contribution in [2.75, 3.05) is 19.5 Å². The van der Waals surface area contributed by atoms with Crippen LogP contribution in [0.3, 0.4) is 0 Å². The second kappa shape index (κ2) is 10.4. The molecule has 7 nitrogen and oxygen atoms in total. The number of hydrogen-bond donors (Lipinski definition) is 1. The van der Waals surface area contributed by atoms with Gasteiger partial charge in [0.1, 0.15) is 36.7 Å². The van der Waals surface area contributed by atoms with Gasteiger partial charge in [0.05, 0.1) is 25.5 Å². The predicted molar refractivity (Wildman–Crippen MR) is 117 cm³/mol. The quantitative estimate of drug-likeness (QED) is 0.543. The fourth-order valence-electron chi connectivity index (χ4n) is 3.89. The first-order valence-corrected chi connectivity index (χ1v) is 10.4.